The van der Waals surface area contributed by atoms with Gasteiger partial charge in [0.1, 0.15) is 5.82 Å². The Kier molecular flexibility index (Phi) is 5.39. The highest BCUT2D eigenvalue weighted by Gasteiger charge is 2.25. The zero-order valence-electron chi connectivity index (χ0n) is 12.6. The highest BCUT2D eigenvalue weighted by atomic mass is 16.2. The predicted molar refractivity (Wildman–Crippen MR) is 81.7 cm³/mol. The van der Waals surface area contributed by atoms with Crippen LogP contribution < -0.4 is 5.32 Å². The predicted octanol–water partition coefficient (Wildman–Crippen LogP) is 2.70. The lowest BCUT2D eigenvalue weighted by atomic mass is 9.91. The summed E-state index contributed by atoms with van der Waals surface area (Å²) in [7, 11) is 1.91. The molecule has 1 aliphatic rings. The van der Waals surface area contributed by atoms with Gasteiger partial charge in [0.2, 0.25) is 5.91 Å². The van der Waals surface area contributed by atoms with E-state index >= 15 is 0 Å². The second kappa shape index (κ2) is 7.27. The summed E-state index contributed by atoms with van der Waals surface area (Å²) >= 11 is 0. The zero-order chi connectivity index (χ0) is 14.4. The molecule has 1 atom stereocenters. The van der Waals surface area contributed by atoms with Gasteiger partial charge in [-0.1, -0.05) is 6.07 Å². The number of likely N-dealkylation sites (tertiary alicyclic amines) is 1. The van der Waals surface area contributed by atoms with E-state index < -0.39 is 0 Å². The lowest BCUT2D eigenvalue weighted by molar-refractivity contribution is -0.137. The Hall–Kier alpha value is -1.58. The Labute approximate surface area is 121 Å². The molecule has 1 amide bonds. The van der Waals surface area contributed by atoms with Crippen molar-refractivity contribution in [2.24, 2.45) is 5.92 Å². The second-order valence-corrected chi connectivity index (χ2v) is 5.57. The molecule has 0 spiro atoms. The molecule has 2 rings (SSSR count). The Balaban J connectivity index is 1.76. The lowest BCUT2D eigenvalue weighted by Gasteiger charge is -2.29. The summed E-state index contributed by atoms with van der Waals surface area (Å²) in [6, 6.07) is 4.15. The minimum Gasteiger partial charge on any atom is -0.370 e. The second-order valence-electron chi connectivity index (χ2n) is 5.57. The Morgan fingerprint density at radius 3 is 3.00 bits per heavy atom. The molecule has 1 aromatic heterocycles. The van der Waals surface area contributed by atoms with E-state index in [0.717, 1.165) is 51.0 Å². The van der Waals surface area contributed by atoms with E-state index in [1.807, 2.05) is 24.2 Å². The van der Waals surface area contributed by atoms with Crippen LogP contribution in [-0.2, 0) is 11.2 Å². The van der Waals surface area contributed by atoms with Crippen molar-refractivity contribution in [2.45, 2.75) is 39.0 Å². The van der Waals surface area contributed by atoms with E-state index in [-0.39, 0.29) is 5.92 Å². The first-order chi connectivity index (χ1) is 9.70. The number of nitrogens with zero attached hydrogens (tertiary/aromatic N) is 2. The van der Waals surface area contributed by atoms with E-state index in [1.54, 1.807) is 0 Å². The number of rotatable bonds is 6. The molecule has 1 saturated heterocycles. The van der Waals surface area contributed by atoms with Crippen LogP contribution in [0.3, 0.4) is 0 Å². The molecule has 0 aromatic carbocycles. The monoisotopic (exact) mass is 275 g/mol. The molecule has 2 heterocycles. The van der Waals surface area contributed by atoms with Gasteiger partial charge in [-0.25, -0.2) is 4.98 Å². The van der Waals surface area contributed by atoms with E-state index in [9.17, 15) is 4.79 Å². The number of carbonyl (C=O) groups is 1. The van der Waals surface area contributed by atoms with Crippen LogP contribution in [0.15, 0.2) is 18.3 Å². The maximum atomic E-state index is 12.0. The van der Waals surface area contributed by atoms with Crippen molar-refractivity contribution in [2.75, 3.05) is 25.5 Å². The Morgan fingerprint density at radius 1 is 1.45 bits per heavy atom. The molecule has 110 valence electrons. The number of carbonyl (C=O) groups excluding carboxylic acids is 1. The average Bonchev–Trinajstić information content (AvgIpc) is 2.46. The average molecular weight is 275 g/mol. The minimum atomic E-state index is 0.239. The molecular weight excluding hydrogens is 250 g/mol. The van der Waals surface area contributed by atoms with Crippen molar-refractivity contribution < 1.29 is 4.79 Å². The quantitative estimate of drug-likeness (QED) is 0.868. The molecule has 1 aromatic rings. The molecule has 1 fully saturated rings. The fourth-order valence-corrected chi connectivity index (χ4v) is 2.80. The molecule has 4 nitrogen and oxygen atoms in total. The molecule has 4 heteroatoms. The molecule has 0 saturated carbocycles. The van der Waals surface area contributed by atoms with Gasteiger partial charge in [0.15, 0.2) is 0 Å². The van der Waals surface area contributed by atoms with Crippen LogP contribution in [0.1, 0.15) is 38.2 Å². The molecule has 0 radical (unpaired) electrons. The van der Waals surface area contributed by atoms with Crippen molar-refractivity contribution in [3.8, 4) is 0 Å². The summed E-state index contributed by atoms with van der Waals surface area (Å²) in [6.45, 7) is 3.88. The van der Waals surface area contributed by atoms with Crippen molar-refractivity contribution in [3.05, 3.63) is 23.9 Å². The molecule has 1 aliphatic heterocycles. The van der Waals surface area contributed by atoms with Crippen molar-refractivity contribution in [1.82, 2.24) is 9.88 Å². The first-order valence-electron chi connectivity index (χ1n) is 7.64. The Bertz CT molecular complexity index is 430. The van der Waals surface area contributed by atoms with Gasteiger partial charge in [-0.05, 0) is 50.7 Å². The van der Waals surface area contributed by atoms with E-state index in [2.05, 4.69) is 23.3 Å². The third kappa shape index (κ3) is 3.95. The number of anilines is 1. The molecule has 1 N–H and O–H groups in total. The van der Waals surface area contributed by atoms with E-state index in [4.69, 9.17) is 0 Å². The van der Waals surface area contributed by atoms with E-state index in [1.165, 1.54) is 5.56 Å². The van der Waals surface area contributed by atoms with Crippen LogP contribution in [-0.4, -0.2) is 35.9 Å². The van der Waals surface area contributed by atoms with Crippen molar-refractivity contribution in [3.63, 3.8) is 0 Å². The molecule has 0 bridgehead atoms. The zero-order valence-corrected chi connectivity index (χ0v) is 12.6. The number of piperidine rings is 1. The fraction of sp³-hybridized carbons (Fsp3) is 0.625. The van der Waals surface area contributed by atoms with Gasteiger partial charge in [-0.2, -0.15) is 0 Å². The van der Waals surface area contributed by atoms with Crippen LogP contribution in [0.5, 0.6) is 0 Å². The third-order valence-electron chi connectivity index (χ3n) is 3.97. The van der Waals surface area contributed by atoms with Gasteiger partial charge < -0.3 is 10.2 Å². The molecular formula is C16H25N3O. The summed E-state index contributed by atoms with van der Waals surface area (Å²) in [5, 5.41) is 3.19. The number of aromatic nitrogens is 1. The van der Waals surface area contributed by atoms with E-state index in [0.29, 0.717) is 5.91 Å². The lowest BCUT2D eigenvalue weighted by Crippen LogP contribution is -2.38. The van der Waals surface area contributed by atoms with Crippen LogP contribution in [0.25, 0.3) is 0 Å². The van der Waals surface area contributed by atoms with Gasteiger partial charge in [0, 0.05) is 32.3 Å². The highest BCUT2D eigenvalue weighted by molar-refractivity contribution is 5.79. The third-order valence-corrected chi connectivity index (χ3v) is 3.97. The maximum absolute atomic E-state index is 12.0. The number of amides is 1. The summed E-state index contributed by atoms with van der Waals surface area (Å²) in [5.74, 6) is 1.50. The maximum Gasteiger partial charge on any atom is 0.225 e. The molecule has 0 aliphatic carbocycles. The van der Waals surface area contributed by atoms with Crippen LogP contribution >= 0.6 is 0 Å². The summed E-state index contributed by atoms with van der Waals surface area (Å²) in [4.78, 5) is 18.2. The van der Waals surface area contributed by atoms with Gasteiger partial charge in [0.25, 0.3) is 0 Å². The number of hydrogen-bond acceptors (Lipinski definition) is 3. The molecule has 1 unspecified atom stereocenters. The topological polar surface area (TPSA) is 45.2 Å². The summed E-state index contributed by atoms with van der Waals surface area (Å²) in [6.07, 6.45) is 7.21. The summed E-state index contributed by atoms with van der Waals surface area (Å²) in [5.41, 5.74) is 1.25. The summed E-state index contributed by atoms with van der Waals surface area (Å²) < 4.78 is 0. The molecule has 20 heavy (non-hydrogen) atoms. The number of hydrogen-bond donors (Lipinski definition) is 1. The SMILES string of the molecule is CCNc1ccc(CCCC2CCCN(C)C2=O)cn1. The van der Waals surface area contributed by atoms with Crippen molar-refractivity contribution >= 4 is 11.7 Å². The van der Waals surface area contributed by atoms with Crippen molar-refractivity contribution in [1.29, 1.82) is 0 Å². The first-order valence-corrected chi connectivity index (χ1v) is 7.64. The number of aryl methyl sites for hydroxylation is 1. The minimum absolute atomic E-state index is 0.239. The number of nitrogens with one attached hydrogen (secondary N) is 1. The smallest absolute Gasteiger partial charge is 0.225 e. The van der Waals surface area contributed by atoms with Crippen LogP contribution in [0.2, 0.25) is 0 Å². The normalized spacial score (nSPS) is 19.2. The highest BCUT2D eigenvalue weighted by Crippen LogP contribution is 2.22. The van der Waals surface area contributed by atoms with Gasteiger partial charge in [-0.3, -0.25) is 4.79 Å². The number of pyridine rings is 1. The van der Waals surface area contributed by atoms with Gasteiger partial charge in [-0.15, -0.1) is 0 Å². The largest absolute Gasteiger partial charge is 0.370 e. The fourth-order valence-electron chi connectivity index (χ4n) is 2.80. The standard InChI is InChI=1S/C16H25N3O/c1-3-17-15-10-9-13(12-18-15)6-4-7-14-8-5-11-19(2)16(14)20/h9-10,12,14H,3-8,11H2,1-2H3,(H,17,18). The van der Waals surface area contributed by atoms with Crippen LogP contribution in [0, 0.1) is 5.92 Å². The van der Waals surface area contributed by atoms with Crippen LogP contribution in [0.4, 0.5) is 5.82 Å². The van der Waals surface area contributed by atoms with Gasteiger partial charge >= 0.3 is 0 Å². The Morgan fingerprint density at radius 2 is 2.30 bits per heavy atom. The van der Waals surface area contributed by atoms with Gasteiger partial charge in [0.05, 0.1) is 0 Å². The first kappa shape index (κ1) is 14.8.